The van der Waals surface area contributed by atoms with Crippen LogP contribution >= 0.6 is 0 Å². The number of rotatable bonds is 4. The van der Waals surface area contributed by atoms with Crippen molar-refractivity contribution in [3.05, 3.63) is 175 Å². The van der Waals surface area contributed by atoms with Crippen molar-refractivity contribution in [2.45, 2.75) is 19.3 Å². The van der Waals surface area contributed by atoms with Crippen LogP contribution in [0.4, 0.5) is 0 Å². The van der Waals surface area contributed by atoms with Gasteiger partial charge in [-0.3, -0.25) is 0 Å². The molecular weight excluding hydrogens is 685 g/mol. The van der Waals surface area contributed by atoms with Crippen LogP contribution < -0.4 is 16.4 Å². The fourth-order valence-electron chi connectivity index (χ4n) is 10.0. The second-order valence-corrected chi connectivity index (χ2v) is 16.5. The van der Waals surface area contributed by atoms with Gasteiger partial charge in [0, 0.05) is 16.2 Å². The molecule has 0 unspecified atom stereocenters. The molecule has 10 aromatic rings. The minimum atomic E-state index is -0.0644. The van der Waals surface area contributed by atoms with E-state index in [1.165, 1.54) is 110 Å². The van der Waals surface area contributed by atoms with E-state index in [2.05, 4.69) is 201 Å². The van der Waals surface area contributed by atoms with Crippen LogP contribution in [0.2, 0.25) is 0 Å². The Morgan fingerprint density at radius 2 is 0.930 bits per heavy atom. The Bertz CT molecular complexity index is 3290. The van der Waals surface area contributed by atoms with E-state index in [4.69, 9.17) is 4.42 Å². The minimum absolute atomic E-state index is 0.0644. The van der Waals surface area contributed by atoms with E-state index in [0.717, 1.165) is 16.6 Å². The van der Waals surface area contributed by atoms with Crippen molar-refractivity contribution in [2.24, 2.45) is 0 Å². The van der Waals surface area contributed by atoms with Gasteiger partial charge in [0.1, 0.15) is 34.7 Å². The molecule has 0 saturated carbocycles. The lowest BCUT2D eigenvalue weighted by atomic mass is 9.68. The monoisotopic (exact) mass is 724 g/mol. The topological polar surface area (TPSA) is 13.1 Å². The molecule has 0 atom stereocenters. The molecule has 1 aliphatic rings. The zero-order chi connectivity index (χ0) is 38.6. The summed E-state index contributed by atoms with van der Waals surface area (Å²) < 4.78 is 6.60. The summed E-state index contributed by atoms with van der Waals surface area (Å²) in [7, 11) is 6.70. The van der Waals surface area contributed by atoms with E-state index in [9.17, 15) is 0 Å². The first kappa shape index (κ1) is 33.8. The molecule has 4 heteroatoms. The molecule has 0 radical (unpaired) electrons. The molecule has 1 nitrogen and oxygen atoms in total. The summed E-state index contributed by atoms with van der Waals surface area (Å²) in [5.74, 6) is 0. The molecule has 1 heterocycles. The summed E-state index contributed by atoms with van der Waals surface area (Å²) in [6, 6.07) is 60.7. The van der Waals surface area contributed by atoms with Crippen molar-refractivity contribution in [1.82, 2.24) is 0 Å². The highest BCUT2D eigenvalue weighted by Gasteiger charge is 2.35. The van der Waals surface area contributed by atoms with Gasteiger partial charge in [-0.15, -0.1) is 0 Å². The fourth-order valence-corrected chi connectivity index (χ4v) is 10.0. The largest absolute Gasteiger partial charge is 0.457 e. The van der Waals surface area contributed by atoms with E-state index in [0.29, 0.717) is 0 Å². The zero-order valence-electron chi connectivity index (χ0n) is 33.0. The maximum Gasteiger partial charge on any atom is 0.143 e. The van der Waals surface area contributed by atoms with E-state index < -0.39 is 0 Å². The average Bonchev–Trinajstić information content (AvgIpc) is 3.74. The normalized spacial score (nSPS) is 13.1. The Hall–Kier alpha value is -6.51. The van der Waals surface area contributed by atoms with Crippen molar-refractivity contribution in [1.29, 1.82) is 0 Å². The van der Waals surface area contributed by atoms with Gasteiger partial charge in [0.25, 0.3) is 0 Å². The average molecular weight is 724 g/mol. The molecule has 0 N–H and O–H groups in total. The Labute approximate surface area is 336 Å². The first-order valence-corrected chi connectivity index (χ1v) is 20.1. The van der Waals surface area contributed by atoms with Crippen LogP contribution in [0.5, 0.6) is 0 Å². The number of benzene rings is 9. The quantitative estimate of drug-likeness (QED) is 0.130. The van der Waals surface area contributed by atoms with Gasteiger partial charge in [0.2, 0.25) is 0 Å². The van der Waals surface area contributed by atoms with Gasteiger partial charge >= 0.3 is 0 Å². The lowest BCUT2D eigenvalue weighted by Crippen LogP contribution is -2.40. The third-order valence-electron chi connectivity index (χ3n) is 13.1. The number of furan rings is 1. The van der Waals surface area contributed by atoms with Crippen molar-refractivity contribution in [2.75, 3.05) is 0 Å². The van der Waals surface area contributed by atoms with E-state index in [-0.39, 0.29) is 5.41 Å². The van der Waals surface area contributed by atoms with Gasteiger partial charge < -0.3 is 4.42 Å². The molecule has 11 rings (SSSR count). The summed E-state index contributed by atoms with van der Waals surface area (Å²) in [6.07, 6.45) is 0. The molecule has 57 heavy (non-hydrogen) atoms. The molecule has 1 aromatic heterocycles. The van der Waals surface area contributed by atoms with Gasteiger partial charge in [0.15, 0.2) is 0 Å². The molecule has 0 aliphatic heterocycles. The number of fused-ring (bicyclic) bond motifs is 8. The van der Waals surface area contributed by atoms with Gasteiger partial charge in [-0.1, -0.05) is 170 Å². The van der Waals surface area contributed by atoms with Crippen LogP contribution in [0, 0.1) is 0 Å². The third kappa shape index (κ3) is 4.93. The SMILES string of the molecule is Bc1c(B)c(-c2ccc3c(-c4ccccc4)c4cc(-c5ccc6c(c5)C(C)(C)c5ccccc5-6)ccc4c(-c4ccccc4)c3c2)c2c(oc3ccccc32)c1B. The summed E-state index contributed by atoms with van der Waals surface area (Å²) in [5, 5.41) is 7.35. The first-order valence-electron chi connectivity index (χ1n) is 20.1. The maximum atomic E-state index is 6.60. The predicted molar refractivity (Wildman–Crippen MR) is 253 cm³/mol. The van der Waals surface area contributed by atoms with E-state index in [1.54, 1.807) is 0 Å². The molecule has 9 aromatic carbocycles. The van der Waals surface area contributed by atoms with Crippen LogP contribution in [0.1, 0.15) is 25.0 Å². The van der Waals surface area contributed by atoms with Gasteiger partial charge in [0.05, 0.1) is 0 Å². The Morgan fingerprint density at radius 1 is 0.386 bits per heavy atom. The lowest BCUT2D eigenvalue weighted by Gasteiger charge is -2.22. The van der Waals surface area contributed by atoms with Gasteiger partial charge in [-0.25, -0.2) is 0 Å². The predicted octanol–water partition coefficient (Wildman–Crippen LogP) is 9.64. The first-order chi connectivity index (χ1) is 27.8. The van der Waals surface area contributed by atoms with Crippen LogP contribution in [-0.2, 0) is 5.41 Å². The second kappa shape index (κ2) is 12.5. The molecule has 1 aliphatic carbocycles. The van der Waals surface area contributed by atoms with Crippen molar-refractivity contribution in [3.63, 3.8) is 0 Å². The number of hydrogen-bond donors (Lipinski definition) is 0. The van der Waals surface area contributed by atoms with Crippen molar-refractivity contribution >= 4 is 83.4 Å². The summed E-state index contributed by atoms with van der Waals surface area (Å²) in [6.45, 7) is 4.72. The minimum Gasteiger partial charge on any atom is -0.457 e. The highest BCUT2D eigenvalue weighted by Crippen LogP contribution is 2.51. The Balaban J connectivity index is 1.22. The Morgan fingerprint density at radius 3 is 1.63 bits per heavy atom. The molecule has 266 valence electrons. The number of hydrogen-bond acceptors (Lipinski definition) is 1. The van der Waals surface area contributed by atoms with Crippen LogP contribution in [0.25, 0.3) is 99.1 Å². The fraction of sp³-hybridized carbons (Fsp3) is 0.0566. The molecule has 0 fully saturated rings. The van der Waals surface area contributed by atoms with Crippen molar-refractivity contribution in [3.8, 4) is 55.6 Å². The van der Waals surface area contributed by atoms with Crippen molar-refractivity contribution < 1.29 is 4.42 Å². The molecule has 0 spiro atoms. The van der Waals surface area contributed by atoms with Crippen LogP contribution in [-0.4, -0.2) is 23.5 Å². The van der Waals surface area contributed by atoms with E-state index >= 15 is 0 Å². The summed E-state index contributed by atoms with van der Waals surface area (Å²) in [5.41, 5.74) is 21.0. The molecule has 0 saturated heterocycles. The number of para-hydroxylation sites is 1. The van der Waals surface area contributed by atoms with Gasteiger partial charge in [-0.05, 0) is 113 Å². The molecule has 0 bridgehead atoms. The third-order valence-corrected chi connectivity index (χ3v) is 13.1. The standard InChI is InChI=1S/C53H39B3O/c1-53(2)42-19-11-9-17-35(42)36-24-21-33(29-43(36)53)32-22-25-37-40(27-32)45(30-13-5-3-6-14-30)38-26-23-34(28-41(38)46(37)31-15-7-4-8-16-31)47-48-39-18-10-12-20-44(39)57-52(48)51(56)50(55)49(47)54/h3-29H,54-56H2,1-2H3. The van der Waals surface area contributed by atoms with E-state index in [1.807, 2.05) is 0 Å². The summed E-state index contributed by atoms with van der Waals surface area (Å²) >= 11 is 0. The van der Waals surface area contributed by atoms with Gasteiger partial charge in [-0.2, -0.15) is 0 Å². The zero-order valence-corrected chi connectivity index (χ0v) is 33.0. The van der Waals surface area contributed by atoms with Crippen LogP contribution in [0.3, 0.4) is 0 Å². The Kier molecular flexibility index (Phi) is 7.41. The van der Waals surface area contributed by atoms with Crippen LogP contribution in [0.15, 0.2) is 168 Å². The summed E-state index contributed by atoms with van der Waals surface area (Å²) in [4.78, 5) is 0. The highest BCUT2D eigenvalue weighted by atomic mass is 16.3. The highest BCUT2D eigenvalue weighted by molar-refractivity contribution is 6.62. The lowest BCUT2D eigenvalue weighted by molar-refractivity contribution is 0.660. The molecular formula is C53H39B3O. The molecule has 0 amide bonds. The maximum absolute atomic E-state index is 6.60. The second-order valence-electron chi connectivity index (χ2n) is 16.5. The smallest absolute Gasteiger partial charge is 0.143 e.